The first-order chi connectivity index (χ1) is 18.9. The Morgan fingerprint density at radius 2 is 1.90 bits per heavy atom. The van der Waals surface area contributed by atoms with Gasteiger partial charge in [-0.25, -0.2) is 4.98 Å². The van der Waals surface area contributed by atoms with Crippen molar-refractivity contribution in [3.63, 3.8) is 0 Å². The molecule has 2 aliphatic rings. The second kappa shape index (κ2) is 12.7. The predicted molar refractivity (Wildman–Crippen MR) is 159 cm³/mol. The summed E-state index contributed by atoms with van der Waals surface area (Å²) in [6.45, 7) is 4.03. The predicted octanol–water partition coefficient (Wildman–Crippen LogP) is 5.09. The lowest BCUT2D eigenvalue weighted by atomic mass is 9.98. The van der Waals surface area contributed by atoms with Crippen molar-refractivity contribution in [2.45, 2.75) is 43.8 Å². The van der Waals surface area contributed by atoms with Crippen molar-refractivity contribution in [1.82, 2.24) is 15.2 Å². The second-order valence-corrected chi connectivity index (χ2v) is 10.2. The summed E-state index contributed by atoms with van der Waals surface area (Å²) in [5.74, 6) is 0.669. The van der Waals surface area contributed by atoms with Crippen LogP contribution < -0.4 is 20.7 Å². The first-order valence-corrected chi connectivity index (χ1v) is 13.4. The van der Waals surface area contributed by atoms with Gasteiger partial charge in [0.2, 0.25) is 0 Å². The third-order valence-corrected chi connectivity index (χ3v) is 7.95. The number of nitrogens with one attached hydrogen (secondary N) is 3. The number of piperidine rings is 1. The molecule has 0 saturated carbocycles. The molecule has 2 fully saturated rings. The number of anilines is 2. The molecule has 39 heavy (non-hydrogen) atoms. The van der Waals surface area contributed by atoms with Crippen LogP contribution in [0.4, 0.5) is 11.4 Å². The molecule has 204 valence electrons. The molecule has 1 aromatic heterocycles. The Labute approximate surface area is 231 Å². The molecule has 3 heterocycles. The van der Waals surface area contributed by atoms with Gasteiger partial charge >= 0.3 is 0 Å². The van der Waals surface area contributed by atoms with E-state index < -0.39 is 0 Å². The van der Waals surface area contributed by atoms with E-state index in [2.05, 4.69) is 46.5 Å². The van der Waals surface area contributed by atoms with Gasteiger partial charge in [-0.2, -0.15) is 5.26 Å². The zero-order valence-electron chi connectivity index (χ0n) is 23.3. The summed E-state index contributed by atoms with van der Waals surface area (Å²) < 4.78 is 5.49. The third kappa shape index (κ3) is 6.22. The van der Waals surface area contributed by atoms with Crippen LogP contribution in [0.15, 0.2) is 54.6 Å². The molecule has 8 heteroatoms. The second-order valence-electron chi connectivity index (χ2n) is 10.2. The number of aromatic nitrogens is 1. The molecule has 0 radical (unpaired) electrons. The molecule has 0 aliphatic carbocycles. The van der Waals surface area contributed by atoms with E-state index in [1.165, 1.54) is 25.7 Å². The van der Waals surface area contributed by atoms with Crippen molar-refractivity contribution in [1.29, 1.82) is 5.26 Å². The number of methoxy groups -OCH3 is 1. The van der Waals surface area contributed by atoms with Gasteiger partial charge in [-0.05, 0) is 69.4 Å². The van der Waals surface area contributed by atoms with Crippen LogP contribution in [0.1, 0.15) is 36.2 Å². The van der Waals surface area contributed by atoms with E-state index in [0.717, 1.165) is 46.4 Å². The molecule has 0 spiro atoms. The number of ether oxygens (including phenoxy) is 1. The highest BCUT2D eigenvalue weighted by molar-refractivity contribution is 5.99. The molecule has 2 saturated heterocycles. The van der Waals surface area contributed by atoms with Crippen LogP contribution in [0.25, 0.3) is 22.0 Å². The molecule has 2 bridgehead atoms. The van der Waals surface area contributed by atoms with Gasteiger partial charge in [0.05, 0.1) is 30.2 Å². The molecule has 2 aliphatic heterocycles. The zero-order chi connectivity index (χ0) is 27.9. The Hall–Kier alpha value is -3.93. The van der Waals surface area contributed by atoms with E-state index in [1.54, 1.807) is 14.2 Å². The average Bonchev–Trinajstić information content (AvgIpc) is 3.18. The topological polar surface area (TPSA) is 102 Å². The van der Waals surface area contributed by atoms with Crippen LogP contribution in [0.3, 0.4) is 0 Å². The minimum Gasteiger partial charge on any atom is -0.495 e. The summed E-state index contributed by atoms with van der Waals surface area (Å²) in [5.41, 5.74) is 3.80. The van der Waals surface area contributed by atoms with Gasteiger partial charge in [-0.15, -0.1) is 0 Å². The van der Waals surface area contributed by atoms with Gasteiger partial charge in [0.15, 0.2) is 6.29 Å². The minimum atomic E-state index is 0.320. The summed E-state index contributed by atoms with van der Waals surface area (Å²) in [6, 6.07) is 18.1. The Balaban J connectivity index is 0.000000265. The number of carbonyl (C=O) groups is 1. The van der Waals surface area contributed by atoms with Crippen LogP contribution in [-0.2, 0) is 0 Å². The number of fused-ring (bicyclic) bond motifs is 3. The number of benzene rings is 2. The van der Waals surface area contributed by atoms with Crippen molar-refractivity contribution < 1.29 is 9.53 Å². The highest BCUT2D eigenvalue weighted by atomic mass is 16.5. The zero-order valence-corrected chi connectivity index (χ0v) is 23.3. The van der Waals surface area contributed by atoms with Gasteiger partial charge in [-0.3, -0.25) is 4.79 Å². The maximum Gasteiger partial charge on any atom is 0.170 e. The average molecular weight is 527 g/mol. The summed E-state index contributed by atoms with van der Waals surface area (Å²) in [4.78, 5) is 18.4. The molecule has 2 unspecified atom stereocenters. The number of hydrogen-bond acceptors (Lipinski definition) is 8. The third-order valence-electron chi connectivity index (χ3n) is 7.95. The first-order valence-electron chi connectivity index (χ1n) is 13.4. The Kier molecular flexibility index (Phi) is 9.18. The number of rotatable bonds is 8. The maximum atomic E-state index is 11.3. The fourth-order valence-corrected chi connectivity index (χ4v) is 5.63. The van der Waals surface area contributed by atoms with Crippen molar-refractivity contribution in [3.05, 3.63) is 60.3 Å². The Morgan fingerprint density at radius 3 is 2.51 bits per heavy atom. The fourth-order valence-electron chi connectivity index (χ4n) is 5.63. The highest BCUT2D eigenvalue weighted by Gasteiger charge is 2.37. The molecular weight excluding hydrogens is 488 g/mol. The first kappa shape index (κ1) is 28.1. The Bertz CT molecular complexity index is 1370. The summed E-state index contributed by atoms with van der Waals surface area (Å²) in [6.07, 6.45) is 6.32. The molecule has 0 amide bonds. The SMILES string of the molecule is C=C(C#N)CNc1c(OC)ccc2ccc(-c3ccc(NC)c(C=O)n3)cc12.CNC1CC2CCC(C1)N2C. The maximum absolute atomic E-state index is 11.3. The molecule has 8 nitrogen and oxygen atoms in total. The monoisotopic (exact) mass is 526 g/mol. The lowest BCUT2D eigenvalue weighted by molar-refractivity contribution is 0.112. The van der Waals surface area contributed by atoms with E-state index in [0.29, 0.717) is 34.9 Å². The minimum absolute atomic E-state index is 0.320. The molecule has 3 aromatic rings. The molecular formula is C31H38N6O2. The molecule has 2 aromatic carbocycles. The van der Waals surface area contributed by atoms with E-state index in [-0.39, 0.29) is 0 Å². The van der Waals surface area contributed by atoms with Crippen LogP contribution in [0.5, 0.6) is 5.75 Å². The van der Waals surface area contributed by atoms with Gasteiger partial charge in [0.1, 0.15) is 11.4 Å². The molecule has 5 rings (SSSR count). The summed E-state index contributed by atoms with van der Waals surface area (Å²) in [5, 5.41) is 20.5. The van der Waals surface area contributed by atoms with Crippen LogP contribution in [0, 0.1) is 11.3 Å². The Morgan fingerprint density at radius 1 is 1.18 bits per heavy atom. The van der Waals surface area contributed by atoms with E-state index in [1.807, 2.05) is 48.5 Å². The molecule has 2 atom stereocenters. The van der Waals surface area contributed by atoms with Crippen molar-refractivity contribution >= 4 is 28.4 Å². The van der Waals surface area contributed by atoms with Gasteiger partial charge in [0.25, 0.3) is 0 Å². The van der Waals surface area contributed by atoms with Gasteiger partial charge < -0.3 is 25.6 Å². The number of nitrogens with zero attached hydrogens (tertiary/aromatic N) is 3. The fraction of sp³-hybridized carbons (Fsp3) is 0.387. The van der Waals surface area contributed by atoms with Gasteiger partial charge in [-0.1, -0.05) is 24.8 Å². The van der Waals surface area contributed by atoms with Crippen molar-refractivity contribution in [2.75, 3.05) is 45.4 Å². The molecule has 3 N–H and O–H groups in total. The lowest BCUT2D eigenvalue weighted by Crippen LogP contribution is -2.46. The number of carbonyl (C=O) groups excluding carboxylic acids is 1. The van der Waals surface area contributed by atoms with Crippen LogP contribution in [-0.4, -0.2) is 69.1 Å². The summed E-state index contributed by atoms with van der Waals surface area (Å²) in [7, 11) is 7.73. The quantitative estimate of drug-likeness (QED) is 0.276. The number of aldehydes is 1. The number of hydrogen-bond donors (Lipinski definition) is 3. The van der Waals surface area contributed by atoms with E-state index in [9.17, 15) is 4.79 Å². The van der Waals surface area contributed by atoms with Gasteiger partial charge in [0, 0.05) is 48.2 Å². The smallest absolute Gasteiger partial charge is 0.170 e. The largest absolute Gasteiger partial charge is 0.495 e. The number of pyridine rings is 1. The normalized spacial score (nSPS) is 19.9. The number of nitriles is 1. The van der Waals surface area contributed by atoms with E-state index >= 15 is 0 Å². The van der Waals surface area contributed by atoms with E-state index in [4.69, 9.17) is 10.00 Å². The highest BCUT2D eigenvalue weighted by Crippen LogP contribution is 2.36. The van der Waals surface area contributed by atoms with Crippen molar-refractivity contribution in [3.8, 4) is 23.1 Å². The van der Waals surface area contributed by atoms with Crippen LogP contribution >= 0.6 is 0 Å². The van der Waals surface area contributed by atoms with Crippen molar-refractivity contribution in [2.24, 2.45) is 0 Å². The van der Waals surface area contributed by atoms with Crippen LogP contribution in [0.2, 0.25) is 0 Å². The standard InChI is InChI=1S/C22H20N4O2.C9H18N2/c1-14(11-23)12-25-22-17-10-16(5-4-15(17)6-9-21(22)28-3)18-7-8-19(24-2)20(13-27)26-18;1-10-7-5-8-3-4-9(6-7)11(8)2/h4-10,13,24-25H,1,12H2,2-3H3;7-10H,3-6H2,1-2H3. The lowest BCUT2D eigenvalue weighted by Gasteiger charge is -2.36. The summed E-state index contributed by atoms with van der Waals surface area (Å²) >= 11 is 0.